The van der Waals surface area contributed by atoms with Gasteiger partial charge in [-0.25, -0.2) is 0 Å². The summed E-state index contributed by atoms with van der Waals surface area (Å²) in [4.78, 5) is 11.2. The zero-order valence-electron chi connectivity index (χ0n) is 7.76. The summed E-state index contributed by atoms with van der Waals surface area (Å²) in [6, 6.07) is 2.69. The molecule has 0 unspecified atom stereocenters. The Labute approximate surface area is 98.7 Å². The predicted octanol–water partition coefficient (Wildman–Crippen LogP) is 2.68. The van der Waals surface area contributed by atoms with Gasteiger partial charge >= 0.3 is 6.61 Å². The zero-order valence-corrected chi connectivity index (χ0v) is 9.92. The van der Waals surface area contributed by atoms with Gasteiger partial charge in [0.25, 0.3) is 0 Å². The molecular weight excluding hydrogens is 319 g/mol. The standard InChI is InChI=1S/C9H8F2INO2/c1-4(14)7-5(13)2-3-6(8(7)12)15-9(10)11/h2-3,9H,13H2,1H3. The molecule has 0 aliphatic heterocycles. The van der Waals surface area contributed by atoms with Crippen molar-refractivity contribution < 1.29 is 18.3 Å². The van der Waals surface area contributed by atoms with Crippen molar-refractivity contribution in [3.63, 3.8) is 0 Å². The van der Waals surface area contributed by atoms with Crippen molar-refractivity contribution in [1.29, 1.82) is 0 Å². The van der Waals surface area contributed by atoms with Crippen LogP contribution in [-0.2, 0) is 0 Å². The Morgan fingerprint density at radius 1 is 1.53 bits per heavy atom. The number of hydrogen-bond acceptors (Lipinski definition) is 3. The fourth-order valence-electron chi connectivity index (χ4n) is 1.12. The van der Waals surface area contributed by atoms with Gasteiger partial charge < -0.3 is 10.5 Å². The molecular formula is C9H8F2INO2. The van der Waals surface area contributed by atoms with Crippen molar-refractivity contribution in [3.8, 4) is 5.75 Å². The second kappa shape index (κ2) is 4.73. The molecule has 1 rings (SSSR count). The molecule has 0 aliphatic rings. The van der Waals surface area contributed by atoms with Crippen molar-refractivity contribution in [3.05, 3.63) is 21.3 Å². The summed E-state index contributed by atoms with van der Waals surface area (Å²) in [5.74, 6) is -0.318. The molecule has 0 spiro atoms. The van der Waals surface area contributed by atoms with Crippen LogP contribution in [0.5, 0.6) is 5.75 Å². The van der Waals surface area contributed by atoms with Crippen LogP contribution in [0.4, 0.5) is 14.5 Å². The number of anilines is 1. The van der Waals surface area contributed by atoms with Gasteiger partial charge in [0.2, 0.25) is 0 Å². The van der Waals surface area contributed by atoms with E-state index in [1.165, 1.54) is 19.1 Å². The lowest BCUT2D eigenvalue weighted by Crippen LogP contribution is -2.08. The minimum absolute atomic E-state index is 0.0370. The number of alkyl halides is 2. The second-order valence-corrected chi connectivity index (χ2v) is 3.86. The molecule has 2 N–H and O–H groups in total. The van der Waals surface area contributed by atoms with Crippen LogP contribution in [0.15, 0.2) is 12.1 Å². The maximum absolute atomic E-state index is 12.0. The third kappa shape index (κ3) is 2.77. The first kappa shape index (κ1) is 12.2. The third-order valence-electron chi connectivity index (χ3n) is 1.71. The molecule has 0 heterocycles. The zero-order chi connectivity index (χ0) is 11.6. The van der Waals surface area contributed by atoms with Crippen LogP contribution in [0.1, 0.15) is 17.3 Å². The Morgan fingerprint density at radius 3 is 2.60 bits per heavy atom. The molecule has 0 radical (unpaired) electrons. The van der Waals surface area contributed by atoms with E-state index in [0.717, 1.165) is 0 Å². The minimum atomic E-state index is -2.91. The van der Waals surface area contributed by atoms with Crippen molar-refractivity contribution >= 4 is 34.1 Å². The average molecular weight is 327 g/mol. The molecule has 0 amide bonds. The van der Waals surface area contributed by atoms with E-state index >= 15 is 0 Å². The van der Waals surface area contributed by atoms with E-state index in [1.807, 2.05) is 0 Å². The Balaban J connectivity index is 3.22. The summed E-state index contributed by atoms with van der Waals surface area (Å²) in [5, 5.41) is 0. The van der Waals surface area contributed by atoms with E-state index in [0.29, 0.717) is 3.57 Å². The maximum atomic E-state index is 12.0. The molecule has 0 aliphatic carbocycles. The van der Waals surface area contributed by atoms with Crippen molar-refractivity contribution in [1.82, 2.24) is 0 Å². The van der Waals surface area contributed by atoms with Gasteiger partial charge in [-0.1, -0.05) is 0 Å². The Hall–Kier alpha value is -0.920. The lowest BCUT2D eigenvalue weighted by Gasteiger charge is -2.11. The summed E-state index contributed by atoms with van der Waals surface area (Å²) in [6.07, 6.45) is 0. The summed E-state index contributed by atoms with van der Waals surface area (Å²) >= 11 is 1.76. The first-order chi connectivity index (χ1) is 6.93. The summed E-state index contributed by atoms with van der Waals surface area (Å²) in [7, 11) is 0. The number of benzene rings is 1. The number of halogens is 3. The monoisotopic (exact) mass is 327 g/mol. The van der Waals surface area contributed by atoms with E-state index in [-0.39, 0.29) is 22.8 Å². The molecule has 0 bridgehead atoms. The number of carbonyl (C=O) groups is 1. The third-order valence-corrected chi connectivity index (χ3v) is 2.78. The maximum Gasteiger partial charge on any atom is 0.387 e. The normalized spacial score (nSPS) is 10.5. The largest absolute Gasteiger partial charge is 0.434 e. The Morgan fingerprint density at radius 2 is 2.13 bits per heavy atom. The van der Waals surface area contributed by atoms with Gasteiger partial charge in [-0.15, -0.1) is 0 Å². The Kier molecular flexibility index (Phi) is 3.83. The fourth-order valence-corrected chi connectivity index (χ4v) is 2.11. The van der Waals surface area contributed by atoms with E-state index in [4.69, 9.17) is 5.73 Å². The highest BCUT2D eigenvalue weighted by Gasteiger charge is 2.16. The van der Waals surface area contributed by atoms with E-state index in [9.17, 15) is 13.6 Å². The van der Waals surface area contributed by atoms with Gasteiger partial charge in [-0.05, 0) is 41.6 Å². The molecule has 15 heavy (non-hydrogen) atoms. The minimum Gasteiger partial charge on any atom is -0.434 e. The summed E-state index contributed by atoms with van der Waals surface area (Å²) < 4.78 is 28.5. The molecule has 0 saturated carbocycles. The molecule has 3 nitrogen and oxygen atoms in total. The van der Waals surface area contributed by atoms with E-state index < -0.39 is 6.61 Å². The molecule has 0 saturated heterocycles. The highest BCUT2D eigenvalue weighted by atomic mass is 127. The van der Waals surface area contributed by atoms with Crippen LogP contribution in [0.25, 0.3) is 0 Å². The van der Waals surface area contributed by atoms with Gasteiger partial charge in [0, 0.05) is 5.69 Å². The molecule has 0 atom stereocenters. The lowest BCUT2D eigenvalue weighted by atomic mass is 10.1. The van der Waals surface area contributed by atoms with Gasteiger partial charge in [0.15, 0.2) is 5.78 Å². The van der Waals surface area contributed by atoms with Crippen LogP contribution in [0, 0.1) is 3.57 Å². The number of ketones is 1. The number of nitrogen functional groups attached to an aromatic ring is 1. The fraction of sp³-hybridized carbons (Fsp3) is 0.222. The number of nitrogens with two attached hydrogens (primary N) is 1. The number of ether oxygens (including phenoxy) is 1. The number of carbonyl (C=O) groups excluding carboxylic acids is 1. The quantitative estimate of drug-likeness (QED) is 0.528. The molecule has 0 fully saturated rings. The molecule has 1 aromatic rings. The molecule has 82 valence electrons. The summed E-state index contributed by atoms with van der Waals surface area (Å²) in [6.45, 7) is -1.60. The number of hydrogen-bond donors (Lipinski definition) is 1. The average Bonchev–Trinajstić information content (AvgIpc) is 2.09. The number of Topliss-reactive ketones (excluding diaryl/α,β-unsaturated/α-hetero) is 1. The highest BCUT2D eigenvalue weighted by molar-refractivity contribution is 14.1. The van der Waals surface area contributed by atoms with Crippen LogP contribution < -0.4 is 10.5 Å². The van der Waals surface area contributed by atoms with Crippen molar-refractivity contribution in [2.75, 3.05) is 5.73 Å². The van der Waals surface area contributed by atoms with E-state index in [1.54, 1.807) is 22.6 Å². The predicted molar refractivity (Wildman–Crippen MR) is 60.2 cm³/mol. The molecule has 0 aromatic heterocycles. The first-order valence-electron chi connectivity index (χ1n) is 3.97. The van der Waals surface area contributed by atoms with Crippen molar-refractivity contribution in [2.24, 2.45) is 0 Å². The van der Waals surface area contributed by atoms with Gasteiger partial charge in [0.1, 0.15) is 5.75 Å². The van der Waals surface area contributed by atoms with Crippen LogP contribution >= 0.6 is 22.6 Å². The SMILES string of the molecule is CC(=O)c1c(N)ccc(OC(F)F)c1I. The Bertz CT molecular complexity index is 396. The van der Waals surface area contributed by atoms with Crippen LogP contribution in [-0.4, -0.2) is 12.4 Å². The molecule has 6 heteroatoms. The van der Waals surface area contributed by atoms with E-state index in [2.05, 4.69) is 4.74 Å². The smallest absolute Gasteiger partial charge is 0.387 e. The molecule has 1 aromatic carbocycles. The lowest BCUT2D eigenvalue weighted by molar-refractivity contribution is -0.0504. The van der Waals surface area contributed by atoms with Crippen LogP contribution in [0.2, 0.25) is 0 Å². The second-order valence-electron chi connectivity index (χ2n) is 2.78. The number of rotatable bonds is 3. The van der Waals surface area contributed by atoms with Gasteiger partial charge in [-0.2, -0.15) is 8.78 Å². The summed E-state index contributed by atoms with van der Waals surface area (Å²) in [5.41, 5.74) is 6.03. The highest BCUT2D eigenvalue weighted by Crippen LogP contribution is 2.30. The van der Waals surface area contributed by atoms with Gasteiger partial charge in [0.05, 0.1) is 9.13 Å². The topological polar surface area (TPSA) is 52.3 Å². The van der Waals surface area contributed by atoms with Gasteiger partial charge in [-0.3, -0.25) is 4.79 Å². The first-order valence-corrected chi connectivity index (χ1v) is 5.05. The van der Waals surface area contributed by atoms with Crippen molar-refractivity contribution in [2.45, 2.75) is 13.5 Å². The van der Waals surface area contributed by atoms with Crippen LogP contribution in [0.3, 0.4) is 0 Å².